The number of benzene rings is 2. The molecule has 0 radical (unpaired) electrons. The van der Waals surface area contributed by atoms with Crippen LogP contribution >= 0.6 is 11.6 Å². The molecule has 1 atom stereocenters. The number of halogens is 1. The molecule has 5 rings (SSSR count). The second-order valence-corrected chi connectivity index (χ2v) is 8.06. The van der Waals surface area contributed by atoms with E-state index in [0.717, 1.165) is 5.56 Å². The largest absolute Gasteiger partial charge is 0.465 e. The highest BCUT2D eigenvalue weighted by Gasteiger charge is 2.44. The molecule has 1 aliphatic rings. The number of aryl methyl sites for hydroxylation is 1. The summed E-state index contributed by atoms with van der Waals surface area (Å²) in [5.74, 6) is -0.630. The van der Waals surface area contributed by atoms with Crippen molar-refractivity contribution in [2.75, 3.05) is 12.0 Å². The Hall–Kier alpha value is -3.97. The summed E-state index contributed by atoms with van der Waals surface area (Å²) < 4.78 is 10.7. The number of methoxy groups -OCH3 is 1. The number of hydrogen-bond donors (Lipinski definition) is 0. The highest BCUT2D eigenvalue weighted by molar-refractivity contribution is 6.32. The molecular formula is C25H17ClN2O5. The second-order valence-electron chi connectivity index (χ2n) is 7.65. The molecule has 0 aliphatic carbocycles. The van der Waals surface area contributed by atoms with Crippen LogP contribution in [0.25, 0.3) is 11.0 Å². The van der Waals surface area contributed by atoms with Crippen LogP contribution in [0.4, 0.5) is 5.82 Å². The van der Waals surface area contributed by atoms with Gasteiger partial charge in [0.2, 0.25) is 5.76 Å². The quantitative estimate of drug-likeness (QED) is 0.412. The van der Waals surface area contributed by atoms with E-state index in [1.165, 1.54) is 12.0 Å². The van der Waals surface area contributed by atoms with Crippen LogP contribution in [-0.2, 0) is 4.74 Å². The van der Waals surface area contributed by atoms with Crippen LogP contribution in [0.5, 0.6) is 0 Å². The van der Waals surface area contributed by atoms with Crippen molar-refractivity contribution >= 4 is 40.3 Å². The molecule has 0 fully saturated rings. The Morgan fingerprint density at radius 1 is 1.12 bits per heavy atom. The molecule has 4 aromatic rings. The molecule has 0 unspecified atom stereocenters. The molecule has 0 spiro atoms. The maximum atomic E-state index is 13.6. The molecule has 7 nitrogen and oxygen atoms in total. The lowest BCUT2D eigenvalue weighted by molar-refractivity contribution is 0.0600. The van der Waals surface area contributed by atoms with Crippen molar-refractivity contribution in [1.82, 2.24) is 4.98 Å². The summed E-state index contributed by atoms with van der Waals surface area (Å²) in [6.45, 7) is 1.79. The summed E-state index contributed by atoms with van der Waals surface area (Å²) in [6, 6.07) is 14.1. The van der Waals surface area contributed by atoms with Crippen molar-refractivity contribution < 1.29 is 18.7 Å². The number of pyridine rings is 1. The standard InChI is InChI=1S/C25H17ClN2O5/c1-13-11-18-16(12-17(13)26)22(29)20-21(14-6-8-15(9-7-14)25(31)32-2)28(24(30)23(20)33-18)19-5-3-4-10-27-19/h3-12,21H,1-2H3/t21-/m1/s1. The van der Waals surface area contributed by atoms with Gasteiger partial charge < -0.3 is 9.15 Å². The molecule has 1 aliphatic heterocycles. The van der Waals surface area contributed by atoms with Crippen LogP contribution in [0.15, 0.2) is 70.0 Å². The van der Waals surface area contributed by atoms with Gasteiger partial charge in [-0.3, -0.25) is 14.5 Å². The van der Waals surface area contributed by atoms with Crippen molar-refractivity contribution in [1.29, 1.82) is 0 Å². The molecule has 2 aromatic carbocycles. The number of anilines is 1. The zero-order valence-corrected chi connectivity index (χ0v) is 18.4. The Bertz CT molecular complexity index is 1480. The van der Waals surface area contributed by atoms with Crippen molar-refractivity contribution in [2.45, 2.75) is 13.0 Å². The summed E-state index contributed by atoms with van der Waals surface area (Å²) in [6.07, 6.45) is 1.57. The van der Waals surface area contributed by atoms with Gasteiger partial charge in [-0.15, -0.1) is 0 Å². The fraction of sp³-hybridized carbons (Fsp3) is 0.120. The van der Waals surface area contributed by atoms with E-state index >= 15 is 0 Å². The molecule has 8 heteroatoms. The number of aromatic nitrogens is 1. The first-order chi connectivity index (χ1) is 15.9. The third kappa shape index (κ3) is 3.29. The topological polar surface area (TPSA) is 89.7 Å². The summed E-state index contributed by atoms with van der Waals surface area (Å²) in [7, 11) is 1.30. The fourth-order valence-corrected chi connectivity index (χ4v) is 4.22. The van der Waals surface area contributed by atoms with Crippen molar-refractivity contribution in [3.05, 3.63) is 104 Å². The Labute approximate surface area is 193 Å². The average Bonchev–Trinajstić information content (AvgIpc) is 3.13. The average molecular weight is 461 g/mol. The van der Waals surface area contributed by atoms with E-state index in [0.29, 0.717) is 22.0 Å². The van der Waals surface area contributed by atoms with Crippen LogP contribution in [0.3, 0.4) is 0 Å². The Kier molecular flexibility index (Phi) is 4.98. The summed E-state index contributed by atoms with van der Waals surface area (Å²) >= 11 is 6.27. The maximum absolute atomic E-state index is 13.6. The molecular weight excluding hydrogens is 444 g/mol. The molecule has 2 aromatic heterocycles. The highest BCUT2D eigenvalue weighted by atomic mass is 35.5. The number of hydrogen-bond acceptors (Lipinski definition) is 6. The number of esters is 1. The van der Waals surface area contributed by atoms with E-state index < -0.39 is 17.9 Å². The van der Waals surface area contributed by atoms with Gasteiger partial charge in [-0.2, -0.15) is 0 Å². The molecule has 1 amide bonds. The zero-order valence-electron chi connectivity index (χ0n) is 17.7. The van der Waals surface area contributed by atoms with Crippen molar-refractivity contribution in [3.8, 4) is 0 Å². The van der Waals surface area contributed by atoms with Crippen molar-refractivity contribution in [2.24, 2.45) is 0 Å². The highest BCUT2D eigenvalue weighted by Crippen LogP contribution is 2.40. The third-order valence-corrected chi connectivity index (χ3v) is 6.10. The maximum Gasteiger partial charge on any atom is 0.337 e. The molecule has 0 bridgehead atoms. The number of amides is 1. The fourth-order valence-electron chi connectivity index (χ4n) is 4.06. The summed E-state index contributed by atoms with van der Waals surface area (Å²) in [5.41, 5.74) is 1.84. The van der Waals surface area contributed by atoms with Crippen LogP contribution in [0, 0.1) is 6.92 Å². The lowest BCUT2D eigenvalue weighted by Gasteiger charge is -2.24. The zero-order chi connectivity index (χ0) is 23.3. The normalized spacial score (nSPS) is 15.1. The van der Waals surface area contributed by atoms with Crippen LogP contribution in [-0.4, -0.2) is 24.0 Å². The molecule has 33 heavy (non-hydrogen) atoms. The molecule has 0 N–H and O–H groups in total. The minimum atomic E-state index is -0.796. The predicted octanol–water partition coefficient (Wildman–Crippen LogP) is 4.69. The van der Waals surface area contributed by atoms with Gasteiger partial charge in [-0.25, -0.2) is 9.78 Å². The minimum Gasteiger partial charge on any atom is -0.465 e. The molecule has 164 valence electrons. The first-order valence-electron chi connectivity index (χ1n) is 10.1. The summed E-state index contributed by atoms with van der Waals surface area (Å²) in [5, 5.41) is 0.718. The first-order valence-corrected chi connectivity index (χ1v) is 10.5. The second kappa shape index (κ2) is 7.86. The Balaban J connectivity index is 1.77. The number of carbonyl (C=O) groups is 2. The van der Waals surface area contributed by atoms with E-state index in [9.17, 15) is 14.4 Å². The lowest BCUT2D eigenvalue weighted by atomic mass is 9.97. The predicted molar refractivity (Wildman–Crippen MR) is 123 cm³/mol. The molecule has 3 heterocycles. The van der Waals surface area contributed by atoms with E-state index in [1.54, 1.807) is 67.7 Å². The van der Waals surface area contributed by atoms with E-state index in [4.69, 9.17) is 20.8 Å². The minimum absolute atomic E-state index is 0.0399. The first kappa shape index (κ1) is 20.9. The number of rotatable bonds is 3. The van der Waals surface area contributed by atoms with Gasteiger partial charge in [0.05, 0.1) is 29.7 Å². The summed E-state index contributed by atoms with van der Waals surface area (Å²) in [4.78, 5) is 44.7. The van der Waals surface area contributed by atoms with Gasteiger partial charge in [-0.05, 0) is 54.4 Å². The Morgan fingerprint density at radius 3 is 2.55 bits per heavy atom. The van der Waals surface area contributed by atoms with Crippen molar-refractivity contribution in [3.63, 3.8) is 0 Å². The molecule has 0 saturated carbocycles. The number of ether oxygens (including phenoxy) is 1. The van der Waals surface area contributed by atoms with Gasteiger partial charge in [0, 0.05) is 11.2 Å². The van der Waals surface area contributed by atoms with Crippen LogP contribution < -0.4 is 10.3 Å². The third-order valence-electron chi connectivity index (χ3n) is 5.70. The number of nitrogens with zero attached hydrogens (tertiary/aromatic N) is 2. The van der Waals surface area contributed by atoms with Gasteiger partial charge in [0.15, 0.2) is 5.43 Å². The van der Waals surface area contributed by atoms with Crippen LogP contribution in [0.1, 0.15) is 43.6 Å². The number of fused-ring (bicyclic) bond motifs is 2. The SMILES string of the molecule is COC(=O)c1ccc([C@@H]2c3c(oc4cc(C)c(Cl)cc4c3=O)C(=O)N2c2ccccn2)cc1. The lowest BCUT2D eigenvalue weighted by Crippen LogP contribution is -2.30. The van der Waals surface area contributed by atoms with Crippen LogP contribution in [0.2, 0.25) is 5.02 Å². The van der Waals surface area contributed by atoms with Gasteiger partial charge in [0.1, 0.15) is 11.4 Å². The Morgan fingerprint density at radius 2 is 1.88 bits per heavy atom. The molecule has 0 saturated heterocycles. The number of carbonyl (C=O) groups excluding carboxylic acids is 2. The van der Waals surface area contributed by atoms with Gasteiger partial charge >= 0.3 is 5.97 Å². The van der Waals surface area contributed by atoms with E-state index in [2.05, 4.69) is 4.98 Å². The van der Waals surface area contributed by atoms with E-state index in [1.807, 2.05) is 0 Å². The monoisotopic (exact) mass is 460 g/mol. The van der Waals surface area contributed by atoms with E-state index in [-0.39, 0.29) is 27.7 Å². The smallest absolute Gasteiger partial charge is 0.337 e. The van der Waals surface area contributed by atoms with Gasteiger partial charge in [-0.1, -0.05) is 29.8 Å². The van der Waals surface area contributed by atoms with Gasteiger partial charge in [0.25, 0.3) is 5.91 Å².